The Morgan fingerprint density at radius 3 is 2.14 bits per heavy atom. The molecule has 0 unspecified atom stereocenters. The molecule has 0 spiro atoms. The molecule has 0 saturated heterocycles. The number of nitrogens with zero attached hydrogens (tertiary/aromatic N) is 2. The van der Waals surface area contributed by atoms with Crippen LogP contribution in [-0.2, 0) is 15.6 Å². The third-order valence-electron chi connectivity index (χ3n) is 4.77. The molecular weight excluding hydrogens is 486 g/mol. The highest BCUT2D eigenvalue weighted by Crippen LogP contribution is 2.30. The molecule has 0 fully saturated rings. The molecule has 0 bridgehead atoms. The summed E-state index contributed by atoms with van der Waals surface area (Å²) in [7, 11) is -3.73. The first kappa shape index (κ1) is 24.4. The predicted octanol–water partition coefficient (Wildman–Crippen LogP) is 5.24. The fourth-order valence-electron chi connectivity index (χ4n) is 3.04. The molecule has 4 aromatic rings. The summed E-state index contributed by atoms with van der Waals surface area (Å²) in [6, 6.07) is 22.7. The van der Waals surface area contributed by atoms with Crippen LogP contribution in [0.3, 0.4) is 0 Å². The van der Waals surface area contributed by atoms with Crippen molar-refractivity contribution in [2.45, 2.75) is 23.4 Å². The molecule has 180 valence electrons. The van der Waals surface area contributed by atoms with E-state index in [4.69, 9.17) is 9.47 Å². The van der Waals surface area contributed by atoms with E-state index in [0.29, 0.717) is 29.2 Å². The van der Waals surface area contributed by atoms with Gasteiger partial charge < -0.3 is 14.8 Å². The van der Waals surface area contributed by atoms with Crippen LogP contribution in [0.15, 0.2) is 83.2 Å². The first-order chi connectivity index (χ1) is 16.9. The van der Waals surface area contributed by atoms with Crippen LogP contribution in [0.5, 0.6) is 22.4 Å². The molecule has 0 aliphatic heterocycles. The van der Waals surface area contributed by atoms with Crippen LogP contribution in [-0.4, -0.2) is 31.1 Å². The minimum atomic E-state index is -3.73. The maximum atomic E-state index is 12.8. The molecule has 4 rings (SSSR count). The first-order valence-corrected chi connectivity index (χ1v) is 13.3. The minimum Gasteiger partial charge on any atom is -0.457 e. The average molecular weight is 510 g/mol. The zero-order chi connectivity index (χ0) is 24.7. The third-order valence-corrected chi connectivity index (χ3v) is 7.70. The lowest BCUT2D eigenvalue weighted by Gasteiger charge is -2.06. The van der Waals surface area contributed by atoms with Gasteiger partial charge in [0.25, 0.3) is 5.91 Å². The Hall–Kier alpha value is -3.76. The fraction of sp³-hybridized carbons (Fsp3) is 0.160. The van der Waals surface area contributed by atoms with E-state index in [9.17, 15) is 13.2 Å². The van der Waals surface area contributed by atoms with Crippen LogP contribution in [0.2, 0.25) is 0 Å². The van der Waals surface area contributed by atoms with E-state index in [0.717, 1.165) is 23.5 Å². The van der Waals surface area contributed by atoms with Gasteiger partial charge in [0.2, 0.25) is 14.2 Å². The van der Waals surface area contributed by atoms with Gasteiger partial charge in [-0.15, -0.1) is 5.10 Å². The normalized spacial score (nSPS) is 11.1. The molecule has 0 aliphatic carbocycles. The number of carbonyl (C=O) groups is 1. The quantitative estimate of drug-likeness (QED) is 0.312. The van der Waals surface area contributed by atoms with Gasteiger partial charge in [-0.25, -0.2) is 8.42 Å². The van der Waals surface area contributed by atoms with Crippen LogP contribution in [0.1, 0.15) is 29.3 Å². The highest BCUT2D eigenvalue weighted by molar-refractivity contribution is 7.92. The number of hydrogen-bond acceptors (Lipinski definition) is 8. The highest BCUT2D eigenvalue weighted by Gasteiger charge is 2.22. The molecule has 3 aromatic carbocycles. The topological polar surface area (TPSA) is 107 Å². The van der Waals surface area contributed by atoms with Crippen molar-refractivity contribution in [1.29, 1.82) is 0 Å². The Morgan fingerprint density at radius 1 is 0.857 bits per heavy atom. The number of benzene rings is 3. The maximum absolute atomic E-state index is 12.8. The van der Waals surface area contributed by atoms with E-state index in [1.54, 1.807) is 48.5 Å². The highest BCUT2D eigenvalue weighted by atomic mass is 32.2. The van der Waals surface area contributed by atoms with Crippen molar-refractivity contribution in [2.24, 2.45) is 0 Å². The number of sulfone groups is 1. The van der Waals surface area contributed by atoms with Crippen molar-refractivity contribution < 1.29 is 22.7 Å². The van der Waals surface area contributed by atoms with Crippen molar-refractivity contribution >= 4 is 27.1 Å². The molecule has 10 heteroatoms. The summed E-state index contributed by atoms with van der Waals surface area (Å²) in [5.41, 5.74) is 1.02. The zero-order valence-corrected chi connectivity index (χ0v) is 20.5. The number of nitrogens with one attached hydrogen (secondary N) is 1. The molecule has 8 nitrogen and oxygen atoms in total. The number of carbonyl (C=O) groups excluding carboxylic acids is 1. The monoisotopic (exact) mass is 509 g/mol. The molecule has 0 atom stereocenters. The molecular formula is C25H23N3O5S2. The van der Waals surface area contributed by atoms with Gasteiger partial charge in [0, 0.05) is 12.1 Å². The summed E-state index contributed by atoms with van der Waals surface area (Å²) in [6.07, 6.45) is 0.837. The molecule has 0 aliphatic rings. The molecule has 1 aromatic heterocycles. The lowest BCUT2D eigenvalue weighted by atomic mass is 10.1. The van der Waals surface area contributed by atoms with E-state index in [1.807, 2.05) is 37.3 Å². The largest absolute Gasteiger partial charge is 0.457 e. The van der Waals surface area contributed by atoms with Crippen molar-refractivity contribution in [3.63, 3.8) is 0 Å². The average Bonchev–Trinajstić information content (AvgIpc) is 3.34. The van der Waals surface area contributed by atoms with Crippen LogP contribution in [0.25, 0.3) is 0 Å². The number of para-hydroxylation sites is 1. The molecule has 1 N–H and O–H groups in total. The Morgan fingerprint density at radius 2 is 1.49 bits per heavy atom. The summed E-state index contributed by atoms with van der Waals surface area (Å²) in [5, 5.41) is 10.6. The van der Waals surface area contributed by atoms with Gasteiger partial charge in [-0.05, 0) is 71.9 Å². The second-order valence-corrected chi connectivity index (χ2v) is 10.6. The van der Waals surface area contributed by atoms with Gasteiger partial charge in [-0.1, -0.05) is 42.4 Å². The smallest absolute Gasteiger partial charge is 0.300 e. The van der Waals surface area contributed by atoms with Crippen molar-refractivity contribution in [2.75, 3.05) is 6.54 Å². The second kappa shape index (κ2) is 11.1. The summed E-state index contributed by atoms with van der Waals surface area (Å²) in [4.78, 5) is 12.0. The Labute approximate surface area is 207 Å². The number of hydrogen-bond donors (Lipinski definition) is 1. The standard InChI is InChI=1S/C25H23N3O5S2/c1-2-16-26-23(29)19-10-8-18(9-11-19)17-35(30,31)25-28-27-24(34-25)33-22-14-12-21(13-15-22)32-20-6-4-3-5-7-20/h3-15H,2,16-17H2,1H3,(H,26,29). The molecule has 1 heterocycles. The van der Waals surface area contributed by atoms with Gasteiger partial charge in [-0.3, -0.25) is 4.79 Å². The van der Waals surface area contributed by atoms with Crippen LogP contribution < -0.4 is 14.8 Å². The minimum absolute atomic E-state index is 0.114. The number of rotatable bonds is 10. The third kappa shape index (κ3) is 6.65. The number of amides is 1. The van der Waals surface area contributed by atoms with Crippen LogP contribution in [0, 0.1) is 0 Å². The van der Waals surface area contributed by atoms with E-state index >= 15 is 0 Å². The fourth-order valence-corrected chi connectivity index (χ4v) is 5.31. The van der Waals surface area contributed by atoms with E-state index in [1.165, 1.54) is 0 Å². The first-order valence-electron chi connectivity index (χ1n) is 10.9. The van der Waals surface area contributed by atoms with Gasteiger partial charge in [0.05, 0.1) is 5.75 Å². The SMILES string of the molecule is CCCNC(=O)c1ccc(CS(=O)(=O)c2nnc(Oc3ccc(Oc4ccccc4)cc3)s2)cc1. The maximum Gasteiger partial charge on any atom is 0.300 e. The van der Waals surface area contributed by atoms with Crippen LogP contribution in [0.4, 0.5) is 0 Å². The van der Waals surface area contributed by atoms with E-state index in [-0.39, 0.29) is 21.2 Å². The Bertz CT molecular complexity index is 1370. The van der Waals surface area contributed by atoms with Gasteiger partial charge >= 0.3 is 5.19 Å². The zero-order valence-electron chi connectivity index (χ0n) is 18.9. The number of ether oxygens (including phenoxy) is 2. The van der Waals surface area contributed by atoms with Gasteiger partial charge in [-0.2, -0.15) is 0 Å². The Kier molecular flexibility index (Phi) is 7.74. The van der Waals surface area contributed by atoms with Crippen molar-refractivity contribution in [1.82, 2.24) is 15.5 Å². The van der Waals surface area contributed by atoms with Gasteiger partial charge in [0.1, 0.15) is 17.2 Å². The predicted molar refractivity (Wildman–Crippen MR) is 133 cm³/mol. The van der Waals surface area contributed by atoms with Crippen LogP contribution >= 0.6 is 11.3 Å². The summed E-state index contributed by atoms with van der Waals surface area (Å²) >= 11 is 0.850. The number of aromatic nitrogens is 2. The lowest BCUT2D eigenvalue weighted by molar-refractivity contribution is 0.0953. The van der Waals surface area contributed by atoms with Gasteiger partial charge in [0.15, 0.2) is 0 Å². The van der Waals surface area contributed by atoms with Crippen molar-refractivity contribution in [3.8, 4) is 22.4 Å². The summed E-state index contributed by atoms with van der Waals surface area (Å²) in [6.45, 7) is 2.55. The lowest BCUT2D eigenvalue weighted by Crippen LogP contribution is -2.23. The Balaban J connectivity index is 1.37. The van der Waals surface area contributed by atoms with E-state index in [2.05, 4.69) is 15.5 Å². The van der Waals surface area contributed by atoms with E-state index < -0.39 is 9.84 Å². The summed E-state index contributed by atoms with van der Waals surface area (Å²) < 4.78 is 36.9. The molecule has 35 heavy (non-hydrogen) atoms. The summed E-state index contributed by atoms with van der Waals surface area (Å²) in [5.74, 6) is 1.38. The molecule has 1 amide bonds. The van der Waals surface area contributed by atoms with Crippen molar-refractivity contribution in [3.05, 3.63) is 90.0 Å². The second-order valence-electron chi connectivity index (χ2n) is 7.53. The molecule has 0 radical (unpaired) electrons. The molecule has 0 saturated carbocycles.